The van der Waals surface area contributed by atoms with E-state index in [1.165, 1.54) is 35.9 Å². The molecule has 2 N–H and O–H groups in total. The number of carbonyl (C=O) groups excluding carboxylic acids is 2. The van der Waals surface area contributed by atoms with Crippen molar-refractivity contribution in [1.82, 2.24) is 9.62 Å². The first-order chi connectivity index (χ1) is 17.6. The molecule has 200 valence electrons. The lowest BCUT2D eigenvalue weighted by Crippen LogP contribution is -2.51. The van der Waals surface area contributed by atoms with Gasteiger partial charge in [-0.15, -0.1) is 0 Å². The zero-order valence-electron chi connectivity index (χ0n) is 22.0. The quantitative estimate of drug-likeness (QED) is 0.573. The molecule has 2 fully saturated rings. The molecular weight excluding hydrogens is 488 g/mol. The van der Waals surface area contributed by atoms with Crippen LogP contribution in [0.4, 0.5) is 11.4 Å². The van der Waals surface area contributed by atoms with E-state index in [0.29, 0.717) is 12.2 Å². The SMILES string of the molecule is CC(=O)Nc1ccc(S(=O)(=O)NCC2CCC(C(=O)N3CCN(c4cc(C)ccc4C)CC3)CC2)cc1. The Hall–Kier alpha value is -2.91. The second-order valence-corrected chi connectivity index (χ2v) is 12.1. The van der Waals surface area contributed by atoms with E-state index in [9.17, 15) is 18.0 Å². The van der Waals surface area contributed by atoms with Gasteiger partial charge in [-0.2, -0.15) is 0 Å². The van der Waals surface area contributed by atoms with Crippen molar-refractivity contribution in [2.45, 2.75) is 51.3 Å². The Balaban J connectivity index is 1.22. The van der Waals surface area contributed by atoms with Crippen LogP contribution in [0, 0.1) is 25.7 Å². The zero-order chi connectivity index (χ0) is 26.6. The fraction of sp³-hybridized carbons (Fsp3) is 0.500. The molecule has 2 aromatic carbocycles. The van der Waals surface area contributed by atoms with Gasteiger partial charge in [0.2, 0.25) is 21.8 Å². The Kier molecular flexibility index (Phi) is 8.54. The Morgan fingerprint density at radius 3 is 2.19 bits per heavy atom. The maximum Gasteiger partial charge on any atom is 0.240 e. The number of nitrogens with zero attached hydrogens (tertiary/aromatic N) is 2. The van der Waals surface area contributed by atoms with E-state index in [1.807, 2.05) is 4.90 Å². The first-order valence-electron chi connectivity index (χ1n) is 13.1. The summed E-state index contributed by atoms with van der Waals surface area (Å²) >= 11 is 0. The Morgan fingerprint density at radius 1 is 0.919 bits per heavy atom. The van der Waals surface area contributed by atoms with Gasteiger partial charge in [-0.1, -0.05) is 12.1 Å². The van der Waals surface area contributed by atoms with E-state index >= 15 is 0 Å². The van der Waals surface area contributed by atoms with Gasteiger partial charge in [0.05, 0.1) is 4.90 Å². The Labute approximate surface area is 220 Å². The van der Waals surface area contributed by atoms with Gasteiger partial charge in [-0.25, -0.2) is 13.1 Å². The summed E-state index contributed by atoms with van der Waals surface area (Å²) in [5.74, 6) is 0.293. The number of anilines is 2. The minimum atomic E-state index is -3.63. The van der Waals surface area contributed by atoms with Crippen LogP contribution in [-0.2, 0) is 19.6 Å². The van der Waals surface area contributed by atoms with Crippen molar-refractivity contribution in [2.75, 3.05) is 42.9 Å². The van der Waals surface area contributed by atoms with Gasteiger partial charge >= 0.3 is 0 Å². The Morgan fingerprint density at radius 2 is 1.57 bits per heavy atom. The molecule has 9 heteroatoms. The molecule has 37 heavy (non-hydrogen) atoms. The molecule has 8 nitrogen and oxygen atoms in total. The molecule has 0 radical (unpaired) electrons. The van der Waals surface area contributed by atoms with E-state index in [0.717, 1.165) is 51.9 Å². The standard InChI is InChI=1S/C28H38N4O4S/c1-20-4-5-21(2)27(18-20)31-14-16-32(17-15-31)28(34)24-8-6-23(7-9-24)19-29-37(35,36)26-12-10-25(11-13-26)30-22(3)33/h4-5,10-13,18,23-24,29H,6-9,14-17,19H2,1-3H3,(H,30,33). The van der Waals surface area contributed by atoms with Crippen molar-refractivity contribution in [3.05, 3.63) is 53.6 Å². The van der Waals surface area contributed by atoms with E-state index in [1.54, 1.807) is 12.1 Å². The van der Waals surface area contributed by atoms with Crippen LogP contribution in [0.1, 0.15) is 43.7 Å². The fourth-order valence-electron chi connectivity index (χ4n) is 5.33. The van der Waals surface area contributed by atoms with Gasteiger partial charge in [0, 0.05) is 56.9 Å². The highest BCUT2D eigenvalue weighted by molar-refractivity contribution is 7.89. The van der Waals surface area contributed by atoms with Crippen LogP contribution in [0.25, 0.3) is 0 Å². The summed E-state index contributed by atoms with van der Waals surface area (Å²) in [4.78, 5) is 28.9. The summed E-state index contributed by atoms with van der Waals surface area (Å²) in [7, 11) is -3.63. The van der Waals surface area contributed by atoms with Crippen LogP contribution >= 0.6 is 0 Å². The maximum absolute atomic E-state index is 13.2. The molecule has 1 saturated carbocycles. The van der Waals surface area contributed by atoms with E-state index < -0.39 is 10.0 Å². The van der Waals surface area contributed by atoms with Crippen LogP contribution in [0.3, 0.4) is 0 Å². The summed E-state index contributed by atoms with van der Waals surface area (Å²) in [6, 6.07) is 12.6. The lowest BCUT2D eigenvalue weighted by Gasteiger charge is -2.39. The predicted octanol–water partition coefficient (Wildman–Crippen LogP) is 3.70. The zero-order valence-corrected chi connectivity index (χ0v) is 22.8. The average molecular weight is 527 g/mol. The number of nitrogens with one attached hydrogen (secondary N) is 2. The molecular formula is C28H38N4O4S. The van der Waals surface area contributed by atoms with Gasteiger partial charge in [-0.3, -0.25) is 9.59 Å². The summed E-state index contributed by atoms with van der Waals surface area (Å²) in [5, 5.41) is 2.63. The van der Waals surface area contributed by atoms with Crippen molar-refractivity contribution in [1.29, 1.82) is 0 Å². The summed E-state index contributed by atoms with van der Waals surface area (Å²) in [6.07, 6.45) is 3.27. The number of carbonyl (C=O) groups is 2. The molecule has 1 aliphatic heterocycles. The normalized spacial score (nSPS) is 20.5. The highest BCUT2D eigenvalue weighted by Gasteiger charge is 2.31. The van der Waals surface area contributed by atoms with Gasteiger partial charge in [0.25, 0.3) is 0 Å². The number of amides is 2. The minimum absolute atomic E-state index is 0.0291. The second kappa shape index (κ2) is 11.6. The van der Waals surface area contributed by atoms with Crippen molar-refractivity contribution < 1.29 is 18.0 Å². The number of rotatable bonds is 7. The van der Waals surface area contributed by atoms with Gasteiger partial charge in [0.1, 0.15) is 0 Å². The van der Waals surface area contributed by atoms with Crippen molar-refractivity contribution in [3.63, 3.8) is 0 Å². The average Bonchev–Trinajstić information content (AvgIpc) is 2.89. The molecule has 2 aromatic rings. The second-order valence-electron chi connectivity index (χ2n) is 10.4. The van der Waals surface area contributed by atoms with Crippen molar-refractivity contribution >= 4 is 33.2 Å². The first kappa shape index (κ1) is 27.1. The molecule has 0 atom stereocenters. The number of sulfonamides is 1. The molecule has 0 aromatic heterocycles. The van der Waals surface area contributed by atoms with Crippen LogP contribution < -0.4 is 14.9 Å². The molecule has 2 amide bonds. The van der Waals surface area contributed by atoms with Gasteiger partial charge < -0.3 is 15.1 Å². The molecule has 1 aliphatic carbocycles. The third-order valence-electron chi connectivity index (χ3n) is 7.54. The topological polar surface area (TPSA) is 98.8 Å². The Bertz CT molecular complexity index is 1210. The smallest absolute Gasteiger partial charge is 0.240 e. The summed E-state index contributed by atoms with van der Waals surface area (Å²) in [6.45, 7) is 9.19. The fourth-order valence-corrected chi connectivity index (χ4v) is 6.45. The number of hydrogen-bond donors (Lipinski definition) is 2. The van der Waals surface area contributed by atoms with Crippen LogP contribution in [0.2, 0.25) is 0 Å². The molecule has 1 saturated heterocycles. The van der Waals surface area contributed by atoms with E-state index in [4.69, 9.17) is 0 Å². The number of piperazine rings is 1. The largest absolute Gasteiger partial charge is 0.368 e. The first-order valence-corrected chi connectivity index (χ1v) is 14.6. The number of aryl methyl sites for hydroxylation is 2. The monoisotopic (exact) mass is 526 g/mol. The van der Waals surface area contributed by atoms with E-state index in [-0.39, 0.29) is 28.5 Å². The molecule has 1 heterocycles. The third-order valence-corrected chi connectivity index (χ3v) is 8.98. The van der Waals surface area contributed by atoms with Gasteiger partial charge in [0.15, 0.2) is 0 Å². The molecule has 0 unspecified atom stereocenters. The molecule has 4 rings (SSSR count). The molecule has 0 bridgehead atoms. The highest BCUT2D eigenvalue weighted by Crippen LogP contribution is 2.31. The lowest BCUT2D eigenvalue weighted by molar-refractivity contribution is -0.137. The molecule has 2 aliphatic rings. The highest BCUT2D eigenvalue weighted by atomic mass is 32.2. The van der Waals surface area contributed by atoms with Crippen LogP contribution in [-0.4, -0.2) is 57.9 Å². The van der Waals surface area contributed by atoms with Crippen molar-refractivity contribution in [3.8, 4) is 0 Å². The van der Waals surface area contributed by atoms with Crippen LogP contribution in [0.5, 0.6) is 0 Å². The summed E-state index contributed by atoms with van der Waals surface area (Å²) in [5.41, 5.74) is 4.33. The summed E-state index contributed by atoms with van der Waals surface area (Å²) < 4.78 is 28.1. The number of hydrogen-bond acceptors (Lipinski definition) is 5. The molecule has 0 spiro atoms. The van der Waals surface area contributed by atoms with Crippen LogP contribution in [0.15, 0.2) is 47.4 Å². The van der Waals surface area contributed by atoms with Gasteiger partial charge in [-0.05, 0) is 86.9 Å². The minimum Gasteiger partial charge on any atom is -0.368 e. The third kappa shape index (κ3) is 6.90. The van der Waals surface area contributed by atoms with Crippen molar-refractivity contribution in [2.24, 2.45) is 11.8 Å². The number of benzene rings is 2. The maximum atomic E-state index is 13.2. The van der Waals surface area contributed by atoms with E-state index in [2.05, 4.69) is 47.0 Å². The predicted molar refractivity (Wildman–Crippen MR) is 146 cm³/mol. The lowest BCUT2D eigenvalue weighted by atomic mass is 9.81.